The lowest BCUT2D eigenvalue weighted by Crippen LogP contribution is -2.34. The van der Waals surface area contributed by atoms with Crippen LogP contribution < -0.4 is 0 Å². The summed E-state index contributed by atoms with van der Waals surface area (Å²) >= 11 is 0. The Labute approximate surface area is 181 Å². The van der Waals surface area contributed by atoms with Gasteiger partial charge in [-0.05, 0) is 46.4 Å². The van der Waals surface area contributed by atoms with Crippen molar-refractivity contribution in [3.8, 4) is 0 Å². The van der Waals surface area contributed by atoms with Crippen molar-refractivity contribution in [2.45, 2.75) is 52.2 Å². The highest BCUT2D eigenvalue weighted by atomic mass is 16.6. The largest absolute Gasteiger partial charge is 0.381 e. The second kappa shape index (κ2) is 8.71. The highest BCUT2D eigenvalue weighted by Crippen LogP contribution is 2.37. The highest BCUT2D eigenvalue weighted by Gasteiger charge is 2.31. The molecule has 0 radical (unpaired) electrons. The zero-order valence-corrected chi connectivity index (χ0v) is 17.8. The van der Waals surface area contributed by atoms with Crippen LogP contribution in [-0.2, 0) is 24.3 Å². The number of rotatable bonds is 7. The SMILES string of the molecule is Cc1ccc(CN(C(=O)CCn2cc([N+](=O)[O-])nc2C)[C@@H]2CCc3ccccc32)cc1. The number of amides is 1. The van der Waals surface area contributed by atoms with E-state index in [1.807, 2.05) is 24.0 Å². The number of nitrogens with zero attached hydrogens (tertiary/aromatic N) is 4. The number of imidazole rings is 1. The fraction of sp³-hybridized carbons (Fsp3) is 0.333. The van der Waals surface area contributed by atoms with Crippen molar-refractivity contribution in [1.29, 1.82) is 0 Å². The second-order valence-electron chi connectivity index (χ2n) is 8.11. The van der Waals surface area contributed by atoms with Gasteiger partial charge in [0.05, 0.1) is 6.04 Å². The Kier molecular flexibility index (Phi) is 5.84. The van der Waals surface area contributed by atoms with Gasteiger partial charge in [-0.1, -0.05) is 54.1 Å². The van der Waals surface area contributed by atoms with E-state index in [0.29, 0.717) is 18.9 Å². The van der Waals surface area contributed by atoms with E-state index >= 15 is 0 Å². The first-order valence-electron chi connectivity index (χ1n) is 10.5. The summed E-state index contributed by atoms with van der Waals surface area (Å²) in [7, 11) is 0. The molecule has 2 aromatic carbocycles. The molecule has 0 fully saturated rings. The van der Waals surface area contributed by atoms with E-state index < -0.39 is 4.92 Å². The summed E-state index contributed by atoms with van der Waals surface area (Å²) in [5.74, 6) is 0.389. The van der Waals surface area contributed by atoms with Crippen LogP contribution in [-0.4, -0.2) is 25.3 Å². The zero-order chi connectivity index (χ0) is 22.0. The number of hydrogen-bond acceptors (Lipinski definition) is 4. The van der Waals surface area contributed by atoms with Crippen LogP contribution in [0.3, 0.4) is 0 Å². The molecule has 0 saturated heterocycles. The number of carbonyl (C=O) groups is 1. The van der Waals surface area contributed by atoms with E-state index in [9.17, 15) is 14.9 Å². The summed E-state index contributed by atoms with van der Waals surface area (Å²) in [6.45, 7) is 4.67. The lowest BCUT2D eigenvalue weighted by molar-refractivity contribution is -0.389. The molecule has 1 amide bonds. The maximum Gasteiger partial charge on any atom is 0.381 e. The molecule has 1 aliphatic carbocycles. The minimum Gasteiger partial charge on any atom is -0.358 e. The fourth-order valence-corrected chi connectivity index (χ4v) is 4.29. The first-order valence-corrected chi connectivity index (χ1v) is 10.5. The number of aromatic nitrogens is 2. The average molecular weight is 418 g/mol. The van der Waals surface area contributed by atoms with Crippen LogP contribution in [0.1, 0.15) is 47.0 Å². The molecule has 7 heteroatoms. The molecule has 160 valence electrons. The molecule has 4 rings (SSSR count). The van der Waals surface area contributed by atoms with E-state index in [0.717, 1.165) is 18.4 Å². The van der Waals surface area contributed by atoms with Crippen molar-refractivity contribution in [3.05, 3.63) is 92.9 Å². The molecule has 0 N–H and O–H groups in total. The predicted molar refractivity (Wildman–Crippen MR) is 117 cm³/mol. The zero-order valence-electron chi connectivity index (χ0n) is 17.8. The van der Waals surface area contributed by atoms with Crippen LogP contribution in [0.25, 0.3) is 0 Å². The summed E-state index contributed by atoms with van der Waals surface area (Å²) in [6.07, 6.45) is 3.54. The standard InChI is InChI=1S/C24H26N4O3/c1-17-7-9-19(10-8-17)15-27(22-12-11-20-5-3-4-6-21(20)22)24(29)13-14-26-16-23(28(30)31)25-18(26)2/h3-10,16,22H,11-15H2,1-2H3/t22-/m1/s1. The minimum atomic E-state index is -0.509. The molecule has 0 saturated carbocycles. The van der Waals surface area contributed by atoms with Gasteiger partial charge in [0.25, 0.3) is 0 Å². The first-order chi connectivity index (χ1) is 14.9. The maximum atomic E-state index is 13.4. The summed E-state index contributed by atoms with van der Waals surface area (Å²) in [4.78, 5) is 29.8. The Hall–Kier alpha value is -3.48. The lowest BCUT2D eigenvalue weighted by atomic mass is 10.0. The number of carbonyl (C=O) groups excluding carboxylic acids is 1. The van der Waals surface area contributed by atoms with E-state index in [4.69, 9.17) is 0 Å². The summed E-state index contributed by atoms with van der Waals surface area (Å²) < 4.78 is 1.68. The molecule has 0 unspecified atom stereocenters. The van der Waals surface area contributed by atoms with Crippen LogP contribution in [0, 0.1) is 24.0 Å². The molecule has 0 aliphatic heterocycles. The molecule has 31 heavy (non-hydrogen) atoms. The topological polar surface area (TPSA) is 81.3 Å². The van der Waals surface area contributed by atoms with Gasteiger partial charge < -0.3 is 19.6 Å². The van der Waals surface area contributed by atoms with Gasteiger partial charge in [0, 0.05) is 26.4 Å². The maximum absolute atomic E-state index is 13.4. The number of aryl methyl sites for hydroxylation is 4. The Morgan fingerprint density at radius 2 is 1.94 bits per heavy atom. The quantitative estimate of drug-likeness (QED) is 0.417. The molecule has 1 heterocycles. The van der Waals surface area contributed by atoms with Gasteiger partial charge in [0.1, 0.15) is 6.20 Å². The van der Waals surface area contributed by atoms with Gasteiger partial charge in [-0.25, -0.2) is 0 Å². The molecule has 0 bridgehead atoms. The van der Waals surface area contributed by atoms with Crippen molar-refractivity contribution in [3.63, 3.8) is 0 Å². The Morgan fingerprint density at radius 3 is 2.65 bits per heavy atom. The molecule has 1 atom stereocenters. The Balaban J connectivity index is 1.55. The van der Waals surface area contributed by atoms with E-state index in [-0.39, 0.29) is 24.2 Å². The molecule has 0 spiro atoms. The van der Waals surface area contributed by atoms with E-state index in [1.54, 1.807) is 11.5 Å². The lowest BCUT2D eigenvalue weighted by Gasteiger charge is -2.30. The Bertz CT molecular complexity index is 1100. The predicted octanol–water partition coefficient (Wildman–Crippen LogP) is 4.51. The van der Waals surface area contributed by atoms with Crippen molar-refractivity contribution in [2.24, 2.45) is 0 Å². The van der Waals surface area contributed by atoms with E-state index in [1.165, 1.54) is 22.9 Å². The minimum absolute atomic E-state index is 0.0398. The summed E-state index contributed by atoms with van der Waals surface area (Å²) in [6, 6.07) is 16.6. The van der Waals surface area contributed by atoms with Crippen LogP contribution in [0.5, 0.6) is 0 Å². The average Bonchev–Trinajstić information content (AvgIpc) is 3.35. The van der Waals surface area contributed by atoms with Crippen molar-refractivity contribution in [1.82, 2.24) is 14.5 Å². The summed E-state index contributed by atoms with van der Waals surface area (Å²) in [5, 5.41) is 11.0. The number of fused-ring (bicyclic) bond motifs is 1. The molecular formula is C24H26N4O3. The van der Waals surface area contributed by atoms with E-state index in [2.05, 4.69) is 41.4 Å². The van der Waals surface area contributed by atoms with Crippen LogP contribution in [0.4, 0.5) is 5.82 Å². The van der Waals surface area contributed by atoms with Gasteiger partial charge in [0.2, 0.25) is 11.7 Å². The molecule has 3 aromatic rings. The highest BCUT2D eigenvalue weighted by molar-refractivity contribution is 5.77. The number of nitro groups is 1. The number of benzene rings is 2. The smallest absolute Gasteiger partial charge is 0.358 e. The van der Waals surface area contributed by atoms with Crippen molar-refractivity contribution < 1.29 is 9.72 Å². The summed E-state index contributed by atoms with van der Waals surface area (Å²) in [5.41, 5.74) is 4.80. The van der Waals surface area contributed by atoms with Gasteiger partial charge in [-0.3, -0.25) is 4.79 Å². The second-order valence-corrected chi connectivity index (χ2v) is 8.11. The van der Waals surface area contributed by atoms with Crippen LogP contribution in [0.2, 0.25) is 0 Å². The molecule has 7 nitrogen and oxygen atoms in total. The Morgan fingerprint density at radius 1 is 1.19 bits per heavy atom. The van der Waals surface area contributed by atoms with Crippen LogP contribution in [0.15, 0.2) is 54.7 Å². The molecule has 1 aliphatic rings. The van der Waals surface area contributed by atoms with Crippen molar-refractivity contribution >= 4 is 11.7 Å². The molecular weight excluding hydrogens is 392 g/mol. The third-order valence-electron chi connectivity index (χ3n) is 5.99. The third-order valence-corrected chi connectivity index (χ3v) is 5.99. The van der Waals surface area contributed by atoms with Crippen molar-refractivity contribution in [2.75, 3.05) is 0 Å². The van der Waals surface area contributed by atoms with Gasteiger partial charge in [-0.15, -0.1) is 0 Å². The normalized spacial score (nSPS) is 15.0. The van der Waals surface area contributed by atoms with Gasteiger partial charge >= 0.3 is 5.82 Å². The molecule has 1 aromatic heterocycles. The monoisotopic (exact) mass is 418 g/mol. The van der Waals surface area contributed by atoms with Gasteiger partial charge in [0.15, 0.2) is 0 Å². The van der Waals surface area contributed by atoms with Gasteiger partial charge in [-0.2, -0.15) is 0 Å². The first kappa shape index (κ1) is 20.8. The number of hydrogen-bond donors (Lipinski definition) is 0. The van der Waals surface area contributed by atoms with Crippen LogP contribution >= 0.6 is 0 Å². The fourth-order valence-electron chi connectivity index (χ4n) is 4.29. The third kappa shape index (κ3) is 4.50.